The molecule has 2 N–H and O–H groups in total. The largest absolute Gasteiger partial charge is 0.473 e. The number of carbonyl (C=O) groups excluding carboxylic acids is 3. The molecule has 1 unspecified atom stereocenters. The van der Waals surface area contributed by atoms with Gasteiger partial charge in [0.2, 0.25) is 17.4 Å². The lowest BCUT2D eigenvalue weighted by atomic mass is 9.82. The predicted molar refractivity (Wildman–Crippen MR) is 120 cm³/mol. The van der Waals surface area contributed by atoms with Crippen molar-refractivity contribution in [1.82, 2.24) is 10.2 Å². The van der Waals surface area contributed by atoms with Crippen molar-refractivity contribution in [2.75, 3.05) is 18.9 Å². The minimum Gasteiger partial charge on any atom is -0.473 e. The molecule has 0 radical (unpaired) electrons. The van der Waals surface area contributed by atoms with Crippen molar-refractivity contribution in [3.8, 4) is 11.8 Å². The number of hydrogen-bond acceptors (Lipinski definition) is 5. The minimum absolute atomic E-state index is 0.137. The van der Waals surface area contributed by atoms with E-state index in [2.05, 4.69) is 16.7 Å². The number of nitriles is 1. The summed E-state index contributed by atoms with van der Waals surface area (Å²) in [4.78, 5) is 41.1. The standard InChI is InChI=1S/C25H28F2N4O4/c1-29-22(32)17(6-13-2-3-13)18(7-14-4-5-14)23(33)31-12-25(10-16(31)11-28)24(34)30-21-19(27)8-15(26)9-20(21)35-25/h8-9,13-14,16-18H,2-7,10,12H2,1H3,(H,29,32)(H,30,34)/t16-,17?,18-,25+/m0/s1. The molecule has 1 aromatic carbocycles. The number of ether oxygens (including phenoxy) is 1. The number of halogens is 2. The van der Waals surface area contributed by atoms with Crippen LogP contribution in [0.15, 0.2) is 12.1 Å². The average Bonchev–Trinajstić information content (AvgIpc) is 3.76. The minimum atomic E-state index is -1.65. The van der Waals surface area contributed by atoms with E-state index in [4.69, 9.17) is 4.74 Å². The second kappa shape index (κ2) is 8.77. The molecule has 35 heavy (non-hydrogen) atoms. The van der Waals surface area contributed by atoms with E-state index in [-0.39, 0.29) is 36.2 Å². The van der Waals surface area contributed by atoms with Crippen molar-refractivity contribution in [1.29, 1.82) is 5.26 Å². The highest BCUT2D eigenvalue weighted by molar-refractivity contribution is 6.02. The smallest absolute Gasteiger partial charge is 0.270 e. The van der Waals surface area contributed by atoms with Crippen LogP contribution in [0.5, 0.6) is 5.75 Å². The molecule has 186 valence electrons. The Morgan fingerprint density at radius 3 is 2.49 bits per heavy atom. The summed E-state index contributed by atoms with van der Waals surface area (Å²) in [5.41, 5.74) is -1.91. The van der Waals surface area contributed by atoms with E-state index in [1.807, 2.05) is 0 Å². The van der Waals surface area contributed by atoms with E-state index in [1.54, 1.807) is 7.05 Å². The van der Waals surface area contributed by atoms with Gasteiger partial charge in [-0.3, -0.25) is 14.4 Å². The van der Waals surface area contributed by atoms with E-state index < -0.39 is 41.0 Å². The van der Waals surface area contributed by atoms with E-state index in [1.165, 1.54) is 4.90 Å². The van der Waals surface area contributed by atoms with E-state index in [0.717, 1.165) is 31.7 Å². The predicted octanol–water partition coefficient (Wildman–Crippen LogP) is 2.74. The van der Waals surface area contributed by atoms with Crippen LogP contribution in [-0.4, -0.2) is 47.9 Å². The van der Waals surface area contributed by atoms with Crippen molar-refractivity contribution >= 4 is 23.4 Å². The first-order valence-corrected chi connectivity index (χ1v) is 12.2. The van der Waals surface area contributed by atoms with Gasteiger partial charge in [-0.25, -0.2) is 8.78 Å². The van der Waals surface area contributed by atoms with E-state index in [9.17, 15) is 28.4 Å². The number of benzene rings is 1. The normalized spacial score (nSPS) is 26.9. The molecule has 1 spiro atoms. The summed E-state index contributed by atoms with van der Waals surface area (Å²) < 4.78 is 33.8. The molecule has 1 saturated heterocycles. The van der Waals surface area contributed by atoms with Crippen molar-refractivity contribution in [3.63, 3.8) is 0 Å². The highest BCUT2D eigenvalue weighted by atomic mass is 19.1. The molecule has 2 aliphatic carbocycles. The SMILES string of the molecule is CNC(=O)C(CC1CC1)[C@H](CC1CC1)C(=O)N1C[C@@]2(C[C@H]1C#N)Oc1cc(F)cc(F)c1NC2=O. The Hall–Kier alpha value is -3.22. The Morgan fingerprint density at radius 2 is 1.89 bits per heavy atom. The van der Waals surface area contributed by atoms with Crippen molar-refractivity contribution in [3.05, 3.63) is 23.8 Å². The fourth-order valence-electron chi connectivity index (χ4n) is 5.41. The summed E-state index contributed by atoms with van der Waals surface area (Å²) in [6, 6.07) is 2.73. The fraction of sp³-hybridized carbons (Fsp3) is 0.600. The van der Waals surface area contributed by atoms with Gasteiger partial charge in [0.15, 0.2) is 11.6 Å². The molecule has 0 bridgehead atoms. The quantitative estimate of drug-likeness (QED) is 0.616. The molecule has 2 aliphatic heterocycles. The lowest BCUT2D eigenvalue weighted by Crippen LogP contribution is -2.54. The Bertz CT molecular complexity index is 1110. The van der Waals surface area contributed by atoms with Crippen molar-refractivity contribution in [2.24, 2.45) is 23.7 Å². The molecule has 5 rings (SSSR count). The van der Waals surface area contributed by atoms with Gasteiger partial charge in [0, 0.05) is 31.5 Å². The molecule has 2 saturated carbocycles. The van der Waals surface area contributed by atoms with E-state index >= 15 is 0 Å². The molecule has 1 aromatic rings. The monoisotopic (exact) mass is 486 g/mol. The van der Waals surface area contributed by atoms with Gasteiger partial charge in [-0.1, -0.05) is 25.7 Å². The maximum Gasteiger partial charge on any atom is 0.270 e. The van der Waals surface area contributed by atoms with Gasteiger partial charge in [0.1, 0.15) is 17.5 Å². The Kier molecular flexibility index (Phi) is 5.90. The lowest BCUT2D eigenvalue weighted by molar-refractivity contribution is -0.144. The number of rotatable bonds is 7. The fourth-order valence-corrected chi connectivity index (χ4v) is 5.41. The zero-order valence-corrected chi connectivity index (χ0v) is 19.5. The van der Waals surface area contributed by atoms with Crippen LogP contribution in [0.2, 0.25) is 0 Å². The maximum absolute atomic E-state index is 14.2. The first-order chi connectivity index (χ1) is 16.7. The highest BCUT2D eigenvalue weighted by Crippen LogP contribution is 2.46. The summed E-state index contributed by atoms with van der Waals surface area (Å²) >= 11 is 0. The summed E-state index contributed by atoms with van der Waals surface area (Å²) in [6.07, 6.45) is 5.09. The highest BCUT2D eigenvalue weighted by Gasteiger charge is 2.57. The third kappa shape index (κ3) is 4.44. The lowest BCUT2D eigenvalue weighted by Gasteiger charge is -2.35. The van der Waals surface area contributed by atoms with Crippen LogP contribution in [0.3, 0.4) is 0 Å². The molecule has 8 nitrogen and oxygen atoms in total. The second-order valence-electron chi connectivity index (χ2n) is 10.3. The molecular weight excluding hydrogens is 458 g/mol. The Labute approximate surface area is 202 Å². The van der Waals surface area contributed by atoms with Gasteiger partial charge in [-0.05, 0) is 24.7 Å². The molecule has 4 atom stereocenters. The molecule has 10 heteroatoms. The topological polar surface area (TPSA) is 112 Å². The average molecular weight is 487 g/mol. The third-order valence-corrected chi connectivity index (χ3v) is 7.69. The van der Waals surface area contributed by atoms with Crippen LogP contribution < -0.4 is 15.4 Å². The zero-order chi connectivity index (χ0) is 24.9. The molecule has 3 fully saturated rings. The summed E-state index contributed by atoms with van der Waals surface area (Å²) in [5, 5.41) is 15.0. The first kappa shape index (κ1) is 23.5. The second-order valence-corrected chi connectivity index (χ2v) is 10.3. The molecule has 3 amide bonds. The van der Waals surface area contributed by atoms with Gasteiger partial charge < -0.3 is 20.3 Å². The zero-order valence-electron chi connectivity index (χ0n) is 19.5. The van der Waals surface area contributed by atoms with Crippen LogP contribution in [0.25, 0.3) is 0 Å². The van der Waals surface area contributed by atoms with Gasteiger partial charge in [-0.15, -0.1) is 0 Å². The van der Waals surface area contributed by atoms with Gasteiger partial charge in [0.25, 0.3) is 5.91 Å². The summed E-state index contributed by atoms with van der Waals surface area (Å²) in [6.45, 7) is -0.238. The number of nitrogens with zero attached hydrogens (tertiary/aromatic N) is 2. The van der Waals surface area contributed by atoms with Crippen molar-refractivity contribution < 1.29 is 27.9 Å². The van der Waals surface area contributed by atoms with E-state index in [0.29, 0.717) is 30.7 Å². The van der Waals surface area contributed by atoms with Crippen LogP contribution in [-0.2, 0) is 14.4 Å². The molecule has 4 aliphatic rings. The van der Waals surface area contributed by atoms with Crippen LogP contribution in [0.1, 0.15) is 44.9 Å². The number of likely N-dealkylation sites (tertiary alicyclic amines) is 1. The van der Waals surface area contributed by atoms with Gasteiger partial charge in [0.05, 0.1) is 18.5 Å². The Balaban J connectivity index is 1.44. The van der Waals surface area contributed by atoms with Gasteiger partial charge >= 0.3 is 0 Å². The number of carbonyl (C=O) groups is 3. The first-order valence-electron chi connectivity index (χ1n) is 12.2. The number of amides is 3. The van der Waals surface area contributed by atoms with Crippen LogP contribution in [0.4, 0.5) is 14.5 Å². The molecular formula is C25H28F2N4O4. The summed E-state index contributed by atoms with van der Waals surface area (Å²) in [7, 11) is 1.56. The van der Waals surface area contributed by atoms with Gasteiger partial charge in [-0.2, -0.15) is 5.26 Å². The van der Waals surface area contributed by atoms with Crippen LogP contribution in [0, 0.1) is 46.6 Å². The third-order valence-electron chi connectivity index (χ3n) is 7.69. The molecule has 2 heterocycles. The number of anilines is 1. The van der Waals surface area contributed by atoms with Crippen LogP contribution >= 0.6 is 0 Å². The summed E-state index contributed by atoms with van der Waals surface area (Å²) in [5.74, 6) is -3.59. The maximum atomic E-state index is 14.2. The molecule has 0 aromatic heterocycles. The van der Waals surface area contributed by atoms with Crippen molar-refractivity contribution in [2.45, 2.75) is 56.6 Å². The number of hydrogen-bond donors (Lipinski definition) is 2. The number of fused-ring (bicyclic) bond motifs is 1. The Morgan fingerprint density at radius 1 is 1.23 bits per heavy atom. The number of nitrogens with one attached hydrogen (secondary N) is 2.